The van der Waals surface area contributed by atoms with Crippen molar-refractivity contribution in [1.82, 2.24) is 4.90 Å². The van der Waals surface area contributed by atoms with E-state index >= 15 is 0 Å². The van der Waals surface area contributed by atoms with Gasteiger partial charge in [0.15, 0.2) is 0 Å². The Morgan fingerprint density at radius 2 is 1.88 bits per heavy atom. The van der Waals surface area contributed by atoms with E-state index < -0.39 is 0 Å². The predicted octanol–water partition coefficient (Wildman–Crippen LogP) is 3.59. The molecule has 0 amide bonds. The van der Waals surface area contributed by atoms with Gasteiger partial charge in [-0.05, 0) is 43.1 Å². The highest BCUT2D eigenvalue weighted by atomic mass is 16.5. The van der Waals surface area contributed by atoms with Crippen LogP contribution in [0.25, 0.3) is 0 Å². The Morgan fingerprint density at radius 3 is 2.54 bits per heavy atom. The molecule has 0 bridgehead atoms. The van der Waals surface area contributed by atoms with Crippen molar-refractivity contribution in [2.75, 3.05) is 20.2 Å². The third kappa shape index (κ3) is 4.30. The maximum absolute atomic E-state index is 12.7. The molecule has 0 atom stereocenters. The quantitative estimate of drug-likeness (QED) is 0.800. The third-order valence-corrected chi connectivity index (χ3v) is 5.10. The van der Waals surface area contributed by atoms with Crippen molar-refractivity contribution in [3.05, 3.63) is 65.2 Å². The molecule has 0 radical (unpaired) electrons. The summed E-state index contributed by atoms with van der Waals surface area (Å²) in [5, 5.41) is 9.38. The summed E-state index contributed by atoms with van der Waals surface area (Å²) in [7, 11) is 1.55. The highest BCUT2D eigenvalue weighted by Gasteiger charge is 2.25. The first kappa shape index (κ1) is 18.2. The van der Waals surface area contributed by atoms with E-state index in [-0.39, 0.29) is 11.7 Å². The number of piperidine rings is 1. The van der Waals surface area contributed by atoms with Gasteiger partial charge >= 0.3 is 0 Å². The predicted molar refractivity (Wildman–Crippen MR) is 101 cm³/mol. The Balaban J connectivity index is 1.57. The Morgan fingerprint density at radius 1 is 1.15 bits per heavy atom. The average molecular weight is 348 g/mol. The topological polar surface area (TPSA) is 53.3 Å². The molecule has 1 saturated heterocycles. The van der Waals surface area contributed by atoms with Crippen molar-refractivity contribution >= 4 is 5.78 Å². The van der Waals surface area contributed by atoms with Crippen molar-refractivity contribution in [3.8, 4) is 11.8 Å². The van der Waals surface area contributed by atoms with Crippen LogP contribution in [-0.2, 0) is 17.8 Å². The number of hydrogen-bond donors (Lipinski definition) is 0. The number of hydrogen-bond acceptors (Lipinski definition) is 4. The van der Waals surface area contributed by atoms with Gasteiger partial charge in [0.2, 0.25) is 0 Å². The highest BCUT2D eigenvalue weighted by molar-refractivity contribution is 5.84. The fourth-order valence-corrected chi connectivity index (χ4v) is 3.61. The molecule has 4 heteroatoms. The second kappa shape index (κ2) is 8.64. The van der Waals surface area contributed by atoms with Gasteiger partial charge in [-0.3, -0.25) is 9.69 Å². The van der Waals surface area contributed by atoms with Crippen LogP contribution in [0.5, 0.6) is 5.75 Å². The van der Waals surface area contributed by atoms with Crippen LogP contribution in [0.1, 0.15) is 29.5 Å². The largest absolute Gasteiger partial charge is 0.495 e. The van der Waals surface area contributed by atoms with E-state index in [1.807, 2.05) is 18.2 Å². The number of benzene rings is 2. The molecule has 1 heterocycles. The number of ether oxygens (including phenoxy) is 1. The zero-order valence-electron chi connectivity index (χ0n) is 15.1. The van der Waals surface area contributed by atoms with Gasteiger partial charge in [-0.25, -0.2) is 0 Å². The molecule has 4 nitrogen and oxygen atoms in total. The molecule has 2 aromatic carbocycles. The van der Waals surface area contributed by atoms with Gasteiger partial charge in [-0.15, -0.1) is 0 Å². The van der Waals surface area contributed by atoms with Gasteiger partial charge in [0.1, 0.15) is 17.6 Å². The van der Waals surface area contributed by atoms with Gasteiger partial charge in [0.25, 0.3) is 0 Å². The van der Waals surface area contributed by atoms with Gasteiger partial charge in [-0.2, -0.15) is 5.26 Å². The molecule has 0 unspecified atom stereocenters. The summed E-state index contributed by atoms with van der Waals surface area (Å²) in [5.41, 5.74) is 2.56. The normalized spacial score (nSPS) is 15.4. The summed E-state index contributed by atoms with van der Waals surface area (Å²) in [6.07, 6.45) is 2.08. The number of methoxy groups -OCH3 is 1. The van der Waals surface area contributed by atoms with E-state index in [0.717, 1.165) is 38.0 Å². The zero-order valence-corrected chi connectivity index (χ0v) is 15.1. The average Bonchev–Trinajstić information content (AvgIpc) is 2.69. The first-order chi connectivity index (χ1) is 12.7. The molecule has 2 aromatic rings. The maximum atomic E-state index is 12.7. The number of carbonyl (C=O) groups excluding carboxylic acids is 1. The molecule has 26 heavy (non-hydrogen) atoms. The lowest BCUT2D eigenvalue weighted by Crippen LogP contribution is -2.36. The maximum Gasteiger partial charge on any atom is 0.140 e. The van der Waals surface area contributed by atoms with Crippen molar-refractivity contribution < 1.29 is 9.53 Å². The molecule has 3 rings (SSSR count). The fraction of sp³-hybridized carbons (Fsp3) is 0.364. The summed E-state index contributed by atoms with van der Waals surface area (Å²) >= 11 is 0. The lowest BCUT2D eigenvalue weighted by Gasteiger charge is -2.31. The summed E-state index contributed by atoms with van der Waals surface area (Å²) in [4.78, 5) is 15.1. The lowest BCUT2D eigenvalue weighted by atomic mass is 9.88. The molecule has 0 aromatic heterocycles. The zero-order chi connectivity index (χ0) is 18.4. The molecule has 0 spiro atoms. The molecule has 0 N–H and O–H groups in total. The number of rotatable bonds is 6. The molecule has 1 fully saturated rings. The van der Waals surface area contributed by atoms with Crippen LogP contribution in [0.2, 0.25) is 0 Å². The van der Waals surface area contributed by atoms with Crippen LogP contribution in [0.4, 0.5) is 0 Å². The second-order valence-corrected chi connectivity index (χ2v) is 6.79. The van der Waals surface area contributed by atoms with E-state index in [0.29, 0.717) is 17.7 Å². The van der Waals surface area contributed by atoms with E-state index in [9.17, 15) is 10.1 Å². The van der Waals surface area contributed by atoms with Crippen LogP contribution in [0.3, 0.4) is 0 Å². The van der Waals surface area contributed by atoms with E-state index in [1.54, 1.807) is 13.2 Å². The van der Waals surface area contributed by atoms with Crippen molar-refractivity contribution in [2.24, 2.45) is 5.92 Å². The minimum atomic E-state index is 0.0831. The van der Waals surface area contributed by atoms with Gasteiger partial charge < -0.3 is 4.74 Å². The van der Waals surface area contributed by atoms with E-state index in [2.05, 4.69) is 35.2 Å². The van der Waals surface area contributed by atoms with Gasteiger partial charge in [-0.1, -0.05) is 42.5 Å². The number of likely N-dealkylation sites (tertiary alicyclic amines) is 1. The molecular formula is C22H24N2O2. The highest BCUT2D eigenvalue weighted by Crippen LogP contribution is 2.25. The molecule has 0 aliphatic carbocycles. The third-order valence-electron chi connectivity index (χ3n) is 5.10. The van der Waals surface area contributed by atoms with Crippen LogP contribution < -0.4 is 4.74 Å². The van der Waals surface area contributed by atoms with Crippen LogP contribution >= 0.6 is 0 Å². The first-order valence-electron chi connectivity index (χ1n) is 9.06. The summed E-state index contributed by atoms with van der Waals surface area (Å²) in [6, 6.07) is 18.1. The Bertz CT molecular complexity index is 788. The number of nitriles is 1. The Kier molecular flexibility index (Phi) is 6.04. The monoisotopic (exact) mass is 348 g/mol. The molecule has 1 aliphatic rings. The lowest BCUT2D eigenvalue weighted by molar-refractivity contribution is -0.123. The molecular weight excluding hydrogens is 324 g/mol. The van der Waals surface area contributed by atoms with Gasteiger partial charge in [0, 0.05) is 18.9 Å². The van der Waals surface area contributed by atoms with E-state index in [4.69, 9.17) is 4.74 Å². The Labute approximate surface area is 155 Å². The van der Waals surface area contributed by atoms with Gasteiger partial charge in [0.05, 0.1) is 12.7 Å². The van der Waals surface area contributed by atoms with Crippen LogP contribution in [-0.4, -0.2) is 30.9 Å². The van der Waals surface area contributed by atoms with Crippen molar-refractivity contribution in [3.63, 3.8) is 0 Å². The van der Waals surface area contributed by atoms with Crippen LogP contribution in [0.15, 0.2) is 48.5 Å². The number of nitrogens with zero attached hydrogens (tertiary/aromatic N) is 2. The summed E-state index contributed by atoms with van der Waals surface area (Å²) < 4.78 is 5.23. The second-order valence-electron chi connectivity index (χ2n) is 6.79. The number of ketones is 1. The number of carbonyl (C=O) groups is 1. The molecule has 0 saturated carbocycles. The standard InChI is InChI=1S/C22H24N2O2/c1-26-22-9-5-8-19(20(22)15-23)14-21(25)18-10-12-24(13-11-18)16-17-6-3-2-4-7-17/h2-9,18H,10-14,16H2,1H3. The Hall–Kier alpha value is -2.64. The number of Topliss-reactive ketones (excluding diaryl/α,β-unsaturated/α-hetero) is 1. The smallest absolute Gasteiger partial charge is 0.140 e. The van der Waals surface area contributed by atoms with E-state index in [1.165, 1.54) is 5.56 Å². The van der Waals surface area contributed by atoms with Crippen molar-refractivity contribution in [2.45, 2.75) is 25.8 Å². The van der Waals surface area contributed by atoms with Crippen LogP contribution in [0, 0.1) is 17.2 Å². The fourth-order valence-electron chi connectivity index (χ4n) is 3.61. The summed E-state index contributed by atoms with van der Waals surface area (Å²) in [5.74, 6) is 0.851. The minimum Gasteiger partial charge on any atom is -0.495 e. The molecule has 134 valence electrons. The minimum absolute atomic E-state index is 0.0831. The SMILES string of the molecule is COc1cccc(CC(=O)C2CCN(Cc3ccccc3)CC2)c1C#N. The molecule has 1 aliphatic heterocycles. The summed E-state index contributed by atoms with van der Waals surface area (Å²) in [6.45, 7) is 2.82. The first-order valence-corrected chi connectivity index (χ1v) is 9.06. The van der Waals surface area contributed by atoms with Crippen molar-refractivity contribution in [1.29, 1.82) is 5.26 Å².